The fraction of sp³-hybridized carbons (Fsp3) is 0.263. The number of thioether (sulfide) groups is 1. The lowest BCUT2D eigenvalue weighted by Gasteiger charge is -2.10. The number of nitrogens with zero attached hydrogens (tertiary/aromatic N) is 1. The van der Waals surface area contributed by atoms with Gasteiger partial charge in [0.1, 0.15) is 5.75 Å². The van der Waals surface area contributed by atoms with E-state index in [1.54, 1.807) is 26.2 Å². The Morgan fingerprint density at radius 3 is 2.54 bits per heavy atom. The summed E-state index contributed by atoms with van der Waals surface area (Å²) in [5, 5.41) is 2.81. The molecule has 0 aliphatic rings. The SMILES string of the molecule is CN(C)C(=O)Sc1ccc(NC(=O)CCCOc2cccc(Br)c2)cc1. The van der Waals surface area contributed by atoms with Crippen molar-refractivity contribution in [2.75, 3.05) is 26.0 Å². The number of carbonyl (C=O) groups excluding carboxylic acids is 2. The van der Waals surface area contributed by atoms with Crippen molar-refractivity contribution in [3.63, 3.8) is 0 Å². The second-order valence-corrected chi connectivity index (χ2v) is 7.68. The number of anilines is 1. The summed E-state index contributed by atoms with van der Waals surface area (Å²) < 4.78 is 6.57. The van der Waals surface area contributed by atoms with E-state index >= 15 is 0 Å². The average Bonchev–Trinajstić information content (AvgIpc) is 2.60. The van der Waals surface area contributed by atoms with Crippen LogP contribution in [-0.2, 0) is 4.79 Å². The zero-order valence-corrected chi connectivity index (χ0v) is 17.1. The van der Waals surface area contributed by atoms with Crippen LogP contribution in [0.5, 0.6) is 5.75 Å². The smallest absolute Gasteiger partial charge is 0.285 e. The van der Waals surface area contributed by atoms with E-state index in [4.69, 9.17) is 4.74 Å². The molecule has 0 aliphatic heterocycles. The Kier molecular flexibility index (Phi) is 8.00. The van der Waals surface area contributed by atoms with E-state index in [1.165, 1.54) is 4.90 Å². The van der Waals surface area contributed by atoms with Gasteiger partial charge in [-0.25, -0.2) is 0 Å². The highest BCUT2D eigenvalue weighted by Crippen LogP contribution is 2.22. The lowest BCUT2D eigenvalue weighted by molar-refractivity contribution is -0.116. The number of ether oxygens (including phenoxy) is 1. The molecule has 0 radical (unpaired) electrons. The lowest BCUT2D eigenvalue weighted by Crippen LogP contribution is -2.16. The molecule has 0 unspecified atom stereocenters. The first-order valence-corrected chi connectivity index (χ1v) is 9.72. The van der Waals surface area contributed by atoms with Gasteiger partial charge >= 0.3 is 0 Å². The second kappa shape index (κ2) is 10.2. The molecular formula is C19H21BrN2O3S. The number of hydrogen-bond acceptors (Lipinski definition) is 4. The van der Waals surface area contributed by atoms with Crippen LogP contribution >= 0.6 is 27.7 Å². The van der Waals surface area contributed by atoms with E-state index in [2.05, 4.69) is 21.2 Å². The number of amides is 2. The van der Waals surface area contributed by atoms with Crippen LogP contribution in [-0.4, -0.2) is 36.7 Å². The predicted octanol–water partition coefficient (Wildman–Crippen LogP) is 5.02. The molecule has 0 spiro atoms. The Morgan fingerprint density at radius 2 is 1.88 bits per heavy atom. The standard InChI is InChI=1S/C19H21BrN2O3S/c1-22(2)19(24)26-17-10-8-15(9-11-17)21-18(23)7-4-12-25-16-6-3-5-14(20)13-16/h3,5-6,8-11,13H,4,7,12H2,1-2H3,(H,21,23). The van der Waals surface area contributed by atoms with E-state index in [9.17, 15) is 9.59 Å². The van der Waals surface area contributed by atoms with Crippen LogP contribution in [0.1, 0.15) is 12.8 Å². The molecule has 1 N–H and O–H groups in total. The number of carbonyl (C=O) groups is 2. The van der Waals surface area contributed by atoms with Gasteiger partial charge in [-0.2, -0.15) is 0 Å². The van der Waals surface area contributed by atoms with Crippen LogP contribution in [0, 0.1) is 0 Å². The Labute approximate surface area is 166 Å². The Balaban J connectivity index is 1.71. The molecule has 26 heavy (non-hydrogen) atoms. The van der Waals surface area contributed by atoms with Crippen molar-refractivity contribution in [2.24, 2.45) is 0 Å². The third kappa shape index (κ3) is 7.09. The summed E-state index contributed by atoms with van der Waals surface area (Å²) in [6, 6.07) is 14.8. The van der Waals surface area contributed by atoms with Gasteiger partial charge in [0.05, 0.1) is 6.61 Å². The first-order chi connectivity index (χ1) is 12.4. The van der Waals surface area contributed by atoms with Crippen LogP contribution in [0.2, 0.25) is 0 Å². The minimum atomic E-state index is -0.0624. The van der Waals surface area contributed by atoms with Crippen molar-refractivity contribution < 1.29 is 14.3 Å². The van der Waals surface area contributed by atoms with Gasteiger partial charge in [0.2, 0.25) is 5.91 Å². The summed E-state index contributed by atoms with van der Waals surface area (Å²) in [7, 11) is 3.43. The van der Waals surface area contributed by atoms with Crippen LogP contribution in [0.15, 0.2) is 57.9 Å². The van der Waals surface area contributed by atoms with Crippen LogP contribution < -0.4 is 10.1 Å². The number of benzene rings is 2. The van der Waals surface area contributed by atoms with Crippen molar-refractivity contribution in [1.29, 1.82) is 0 Å². The highest BCUT2D eigenvalue weighted by Gasteiger charge is 2.07. The Bertz CT molecular complexity index is 751. The fourth-order valence-electron chi connectivity index (χ4n) is 2.00. The van der Waals surface area contributed by atoms with Crippen LogP contribution in [0.4, 0.5) is 10.5 Å². The van der Waals surface area contributed by atoms with Crippen molar-refractivity contribution in [3.05, 3.63) is 53.0 Å². The molecule has 0 atom stereocenters. The fourth-order valence-corrected chi connectivity index (χ4v) is 3.04. The zero-order valence-electron chi connectivity index (χ0n) is 14.7. The maximum absolute atomic E-state index is 12.0. The number of halogens is 1. The molecule has 0 heterocycles. The van der Waals surface area contributed by atoms with E-state index < -0.39 is 0 Å². The monoisotopic (exact) mass is 436 g/mol. The molecule has 0 bridgehead atoms. The van der Waals surface area contributed by atoms with Crippen molar-refractivity contribution in [3.8, 4) is 5.75 Å². The molecule has 2 amide bonds. The van der Waals surface area contributed by atoms with Gasteiger partial charge in [0.25, 0.3) is 5.24 Å². The van der Waals surface area contributed by atoms with Gasteiger partial charge in [-0.05, 0) is 60.6 Å². The quantitative estimate of drug-likeness (QED) is 0.488. The summed E-state index contributed by atoms with van der Waals surface area (Å²) in [5.74, 6) is 0.716. The van der Waals surface area contributed by atoms with E-state index in [-0.39, 0.29) is 11.1 Å². The first kappa shape index (κ1) is 20.3. The predicted molar refractivity (Wildman–Crippen MR) is 109 cm³/mol. The summed E-state index contributed by atoms with van der Waals surface area (Å²) in [5.41, 5.74) is 0.713. The number of nitrogens with one attached hydrogen (secondary N) is 1. The van der Waals surface area contributed by atoms with Gasteiger partial charge in [-0.15, -0.1) is 0 Å². The number of rotatable bonds is 7. The van der Waals surface area contributed by atoms with Crippen LogP contribution in [0.25, 0.3) is 0 Å². The van der Waals surface area contributed by atoms with Gasteiger partial charge in [0, 0.05) is 35.6 Å². The van der Waals surface area contributed by atoms with Gasteiger partial charge in [-0.1, -0.05) is 22.0 Å². The largest absolute Gasteiger partial charge is 0.494 e. The maximum atomic E-state index is 12.0. The molecule has 0 aromatic heterocycles. The molecule has 7 heteroatoms. The third-order valence-electron chi connectivity index (χ3n) is 3.32. The van der Waals surface area contributed by atoms with Crippen molar-refractivity contribution in [1.82, 2.24) is 4.90 Å². The summed E-state index contributed by atoms with van der Waals surface area (Å²) in [6.07, 6.45) is 1.01. The topological polar surface area (TPSA) is 58.6 Å². The van der Waals surface area contributed by atoms with E-state index in [0.29, 0.717) is 25.1 Å². The second-order valence-electron chi connectivity index (χ2n) is 5.74. The minimum Gasteiger partial charge on any atom is -0.494 e. The molecule has 0 aliphatic carbocycles. The third-order valence-corrected chi connectivity index (χ3v) is 4.86. The highest BCUT2D eigenvalue weighted by atomic mass is 79.9. The normalized spacial score (nSPS) is 10.3. The maximum Gasteiger partial charge on any atom is 0.285 e. The Morgan fingerprint density at radius 1 is 1.15 bits per heavy atom. The van der Waals surface area contributed by atoms with Gasteiger partial charge < -0.3 is 15.0 Å². The zero-order chi connectivity index (χ0) is 18.9. The highest BCUT2D eigenvalue weighted by molar-refractivity contribution is 9.10. The molecular weight excluding hydrogens is 416 g/mol. The molecule has 0 saturated carbocycles. The number of hydrogen-bond donors (Lipinski definition) is 1. The summed E-state index contributed by atoms with van der Waals surface area (Å²) in [4.78, 5) is 26.0. The van der Waals surface area contributed by atoms with E-state index in [0.717, 1.165) is 26.9 Å². The summed E-state index contributed by atoms with van der Waals surface area (Å²) >= 11 is 4.54. The Hall–Kier alpha value is -1.99. The average molecular weight is 437 g/mol. The summed E-state index contributed by atoms with van der Waals surface area (Å²) in [6.45, 7) is 0.478. The molecule has 138 valence electrons. The minimum absolute atomic E-state index is 0.0350. The molecule has 2 rings (SSSR count). The van der Waals surface area contributed by atoms with E-state index in [1.807, 2.05) is 36.4 Å². The van der Waals surface area contributed by atoms with Crippen LogP contribution in [0.3, 0.4) is 0 Å². The van der Waals surface area contributed by atoms with Crippen molar-refractivity contribution in [2.45, 2.75) is 17.7 Å². The first-order valence-electron chi connectivity index (χ1n) is 8.11. The van der Waals surface area contributed by atoms with Gasteiger partial charge in [-0.3, -0.25) is 9.59 Å². The molecule has 0 fully saturated rings. The molecule has 5 nitrogen and oxygen atoms in total. The molecule has 2 aromatic rings. The molecule has 0 saturated heterocycles. The van der Waals surface area contributed by atoms with Crippen molar-refractivity contribution >= 4 is 44.5 Å². The molecule has 2 aromatic carbocycles. The van der Waals surface area contributed by atoms with Gasteiger partial charge in [0.15, 0.2) is 0 Å². The lowest BCUT2D eigenvalue weighted by atomic mass is 10.2.